The summed E-state index contributed by atoms with van der Waals surface area (Å²) in [4.78, 5) is 23.2. The molecule has 5 rings (SSSR count). The van der Waals surface area contributed by atoms with Crippen LogP contribution in [-0.2, 0) is 17.9 Å². The maximum atomic E-state index is 14.1. The second kappa shape index (κ2) is 8.79. The Morgan fingerprint density at radius 1 is 1.16 bits per heavy atom. The van der Waals surface area contributed by atoms with Crippen LogP contribution in [0.25, 0.3) is 0 Å². The molecular weight excluding hydrogens is 418 g/mol. The van der Waals surface area contributed by atoms with Crippen LogP contribution in [0.5, 0.6) is 0 Å². The smallest absolute Gasteiger partial charge is 0.231 e. The fraction of sp³-hybridized carbons (Fsp3) is 0.480. The fourth-order valence-electron chi connectivity index (χ4n) is 5.59. The van der Waals surface area contributed by atoms with Crippen LogP contribution in [0.15, 0.2) is 54.2 Å². The second-order valence-electron chi connectivity index (χ2n) is 9.41. The monoisotopic (exact) mass is 449 g/mol. The minimum absolute atomic E-state index is 0.137. The molecule has 168 valence electrons. The lowest BCUT2D eigenvalue weighted by Gasteiger charge is -2.43. The van der Waals surface area contributed by atoms with E-state index in [1.807, 2.05) is 23.8 Å². The van der Waals surface area contributed by atoms with E-state index in [0.29, 0.717) is 12.5 Å². The number of hydrogen-bond donors (Lipinski definition) is 0. The number of hydrogen-bond acceptors (Lipinski definition) is 5. The molecule has 0 saturated carbocycles. The topological polar surface area (TPSA) is 54.3 Å². The zero-order valence-corrected chi connectivity index (χ0v) is 19.7. The third-order valence-electron chi connectivity index (χ3n) is 6.98. The molecule has 0 aliphatic carbocycles. The van der Waals surface area contributed by atoms with Gasteiger partial charge in [0.05, 0.1) is 12.0 Å². The summed E-state index contributed by atoms with van der Waals surface area (Å²) >= 11 is 1.69. The van der Waals surface area contributed by atoms with Crippen molar-refractivity contribution in [3.63, 3.8) is 0 Å². The first-order chi connectivity index (χ1) is 15.6. The van der Waals surface area contributed by atoms with Crippen molar-refractivity contribution in [3.8, 4) is 0 Å². The van der Waals surface area contributed by atoms with Crippen LogP contribution in [0.2, 0.25) is 0 Å². The van der Waals surface area contributed by atoms with Gasteiger partial charge in [-0.25, -0.2) is 4.98 Å². The van der Waals surface area contributed by atoms with E-state index >= 15 is 0 Å². The molecule has 6 nitrogen and oxygen atoms in total. The van der Waals surface area contributed by atoms with Gasteiger partial charge < -0.3 is 4.90 Å². The summed E-state index contributed by atoms with van der Waals surface area (Å²) in [5.41, 5.74) is 1.98. The van der Waals surface area contributed by atoms with Crippen molar-refractivity contribution in [2.75, 3.05) is 19.6 Å². The SMILES string of the molecule is CC(C)n1nccc1[C@@H]1CN(Cc2nccs2)C[C@]12CCCN(Cc1ccccc1)C2=O. The largest absolute Gasteiger partial charge is 0.338 e. The van der Waals surface area contributed by atoms with Gasteiger partial charge in [0.2, 0.25) is 5.91 Å². The fourth-order valence-corrected chi connectivity index (χ4v) is 6.25. The van der Waals surface area contributed by atoms with Crippen molar-refractivity contribution < 1.29 is 4.79 Å². The van der Waals surface area contributed by atoms with Gasteiger partial charge in [0.25, 0.3) is 0 Å². The normalized spacial score (nSPS) is 24.2. The third kappa shape index (κ3) is 3.88. The first-order valence-electron chi connectivity index (χ1n) is 11.5. The highest BCUT2D eigenvalue weighted by atomic mass is 32.1. The lowest BCUT2D eigenvalue weighted by Crippen LogP contribution is -2.52. The van der Waals surface area contributed by atoms with E-state index in [1.165, 1.54) is 11.3 Å². The van der Waals surface area contributed by atoms with Crippen LogP contribution in [0.1, 0.15) is 54.9 Å². The van der Waals surface area contributed by atoms with Crippen LogP contribution in [-0.4, -0.2) is 50.1 Å². The number of thiazole rings is 1. The minimum atomic E-state index is -0.406. The molecule has 2 aliphatic rings. The number of rotatable bonds is 6. The lowest BCUT2D eigenvalue weighted by atomic mass is 9.70. The molecule has 1 aromatic carbocycles. The number of nitrogens with zero attached hydrogens (tertiary/aromatic N) is 5. The van der Waals surface area contributed by atoms with E-state index in [4.69, 9.17) is 0 Å². The van der Waals surface area contributed by atoms with Crippen molar-refractivity contribution in [3.05, 3.63) is 70.4 Å². The van der Waals surface area contributed by atoms with Crippen LogP contribution in [0.3, 0.4) is 0 Å². The number of carbonyl (C=O) groups is 1. The quantitative estimate of drug-likeness (QED) is 0.562. The van der Waals surface area contributed by atoms with E-state index in [0.717, 1.165) is 44.0 Å². The number of likely N-dealkylation sites (tertiary alicyclic amines) is 2. The molecular formula is C25H31N5OS. The molecule has 2 aromatic heterocycles. The average Bonchev–Trinajstić information content (AvgIpc) is 3.53. The standard InChI is InChI=1S/C25H31N5OS/c1-19(2)30-22(9-11-27-30)21-16-28(17-23-26-12-14-32-23)18-25(21)10-6-13-29(24(25)31)15-20-7-4-3-5-8-20/h3-5,7-9,11-12,14,19,21H,6,10,13,15-18H2,1-2H3/t21-,25+/m0/s1. The van der Waals surface area contributed by atoms with Crippen molar-refractivity contribution in [2.45, 2.75) is 51.7 Å². The highest BCUT2D eigenvalue weighted by molar-refractivity contribution is 7.09. The van der Waals surface area contributed by atoms with E-state index in [2.05, 4.69) is 68.7 Å². The minimum Gasteiger partial charge on any atom is -0.338 e. The molecule has 0 radical (unpaired) electrons. The summed E-state index contributed by atoms with van der Waals surface area (Å²) < 4.78 is 2.11. The van der Waals surface area contributed by atoms with Gasteiger partial charge in [-0.2, -0.15) is 5.10 Å². The number of benzene rings is 1. The Hall–Kier alpha value is -2.51. The molecule has 4 heterocycles. The number of amides is 1. The molecule has 3 aromatic rings. The average molecular weight is 450 g/mol. The van der Waals surface area contributed by atoms with E-state index in [-0.39, 0.29) is 12.0 Å². The molecule has 1 amide bonds. The van der Waals surface area contributed by atoms with Crippen molar-refractivity contribution in [1.82, 2.24) is 24.6 Å². The van der Waals surface area contributed by atoms with Crippen molar-refractivity contribution >= 4 is 17.2 Å². The molecule has 2 atom stereocenters. The van der Waals surface area contributed by atoms with Crippen LogP contribution >= 0.6 is 11.3 Å². The first kappa shape index (κ1) is 21.3. The zero-order valence-electron chi connectivity index (χ0n) is 18.9. The van der Waals surface area contributed by atoms with Crippen molar-refractivity contribution in [2.24, 2.45) is 5.41 Å². The van der Waals surface area contributed by atoms with Gasteiger partial charge in [-0.15, -0.1) is 11.3 Å². The number of carbonyl (C=O) groups excluding carboxylic acids is 1. The Labute approximate surface area is 193 Å². The first-order valence-corrected chi connectivity index (χ1v) is 12.4. The van der Waals surface area contributed by atoms with Gasteiger partial charge in [-0.1, -0.05) is 30.3 Å². The van der Waals surface area contributed by atoms with E-state index < -0.39 is 5.41 Å². The van der Waals surface area contributed by atoms with Gasteiger partial charge in [-0.05, 0) is 38.3 Å². The summed E-state index contributed by atoms with van der Waals surface area (Å²) in [5, 5.41) is 7.75. The van der Waals surface area contributed by atoms with E-state index in [9.17, 15) is 4.79 Å². The summed E-state index contributed by atoms with van der Waals surface area (Å²) in [6.45, 7) is 8.29. The highest BCUT2D eigenvalue weighted by Crippen LogP contribution is 2.50. The lowest BCUT2D eigenvalue weighted by molar-refractivity contribution is -0.147. The van der Waals surface area contributed by atoms with Gasteiger partial charge in [0, 0.05) is 61.6 Å². The molecule has 2 fully saturated rings. The summed E-state index contributed by atoms with van der Waals surface area (Å²) in [7, 11) is 0. The predicted octanol–water partition coefficient (Wildman–Crippen LogP) is 4.33. The molecule has 0 bridgehead atoms. The van der Waals surface area contributed by atoms with Gasteiger partial charge in [0.15, 0.2) is 0 Å². The zero-order chi connectivity index (χ0) is 22.1. The molecule has 1 spiro atoms. The third-order valence-corrected chi connectivity index (χ3v) is 7.75. The summed E-state index contributed by atoms with van der Waals surface area (Å²) in [5.74, 6) is 0.439. The Bertz CT molecular complexity index is 1050. The van der Waals surface area contributed by atoms with Gasteiger partial charge in [-0.3, -0.25) is 14.4 Å². The molecule has 2 saturated heterocycles. The highest BCUT2D eigenvalue weighted by Gasteiger charge is 2.56. The number of aromatic nitrogens is 3. The van der Waals surface area contributed by atoms with Gasteiger partial charge >= 0.3 is 0 Å². The van der Waals surface area contributed by atoms with Crippen LogP contribution in [0, 0.1) is 5.41 Å². The summed E-state index contributed by atoms with van der Waals surface area (Å²) in [6, 6.07) is 12.8. The molecule has 0 N–H and O–H groups in total. The molecule has 32 heavy (non-hydrogen) atoms. The molecule has 7 heteroatoms. The molecule has 2 aliphatic heterocycles. The second-order valence-corrected chi connectivity index (χ2v) is 10.4. The Morgan fingerprint density at radius 3 is 2.75 bits per heavy atom. The van der Waals surface area contributed by atoms with Crippen LogP contribution in [0.4, 0.5) is 0 Å². The summed E-state index contributed by atoms with van der Waals surface area (Å²) in [6.07, 6.45) is 5.72. The Kier molecular flexibility index (Phi) is 5.86. The maximum absolute atomic E-state index is 14.1. The van der Waals surface area contributed by atoms with E-state index in [1.54, 1.807) is 11.3 Å². The Balaban J connectivity index is 1.48. The number of piperidine rings is 1. The van der Waals surface area contributed by atoms with Crippen LogP contribution < -0.4 is 0 Å². The molecule has 0 unspecified atom stereocenters. The van der Waals surface area contributed by atoms with Crippen molar-refractivity contribution in [1.29, 1.82) is 0 Å². The Morgan fingerprint density at radius 2 is 2.00 bits per heavy atom. The van der Waals surface area contributed by atoms with Gasteiger partial charge in [0.1, 0.15) is 5.01 Å². The maximum Gasteiger partial charge on any atom is 0.231 e. The predicted molar refractivity (Wildman–Crippen MR) is 126 cm³/mol.